The van der Waals surface area contributed by atoms with Gasteiger partial charge in [0.05, 0.1) is 26.9 Å². The van der Waals surface area contributed by atoms with Crippen LogP contribution in [0.3, 0.4) is 0 Å². The highest BCUT2D eigenvalue weighted by atomic mass is 127. The van der Waals surface area contributed by atoms with E-state index in [9.17, 15) is 5.11 Å². The molecule has 3 rings (SSSR count). The quantitative estimate of drug-likeness (QED) is 0.352. The summed E-state index contributed by atoms with van der Waals surface area (Å²) in [6, 6.07) is 5.52. The van der Waals surface area contributed by atoms with E-state index < -0.39 is 0 Å². The first-order valence-corrected chi connectivity index (χ1v) is 9.89. The number of rotatable bonds is 6. The molecule has 28 heavy (non-hydrogen) atoms. The summed E-state index contributed by atoms with van der Waals surface area (Å²) in [5.74, 6) is 2.24. The molecule has 0 aliphatic carbocycles. The summed E-state index contributed by atoms with van der Waals surface area (Å²) in [6.45, 7) is 10.3. The minimum absolute atomic E-state index is 0. The second-order valence-electron chi connectivity index (χ2n) is 7.15. The topological polar surface area (TPSA) is 69.6 Å². The molecule has 1 unspecified atom stereocenters. The van der Waals surface area contributed by atoms with E-state index >= 15 is 0 Å². The number of hydrogen-bond acceptors (Lipinski definition) is 5. The third kappa shape index (κ3) is 6.12. The van der Waals surface area contributed by atoms with E-state index in [1.165, 1.54) is 6.42 Å². The second kappa shape index (κ2) is 11.7. The van der Waals surface area contributed by atoms with Crippen LogP contribution in [0.1, 0.15) is 18.9 Å². The van der Waals surface area contributed by atoms with Gasteiger partial charge in [0.1, 0.15) is 0 Å². The maximum atomic E-state index is 10.3. The maximum Gasteiger partial charge on any atom is 0.194 e. The smallest absolute Gasteiger partial charge is 0.194 e. The van der Waals surface area contributed by atoms with Gasteiger partial charge in [0.15, 0.2) is 17.5 Å². The van der Waals surface area contributed by atoms with Crippen molar-refractivity contribution in [3.05, 3.63) is 23.8 Å². The van der Waals surface area contributed by atoms with Crippen molar-refractivity contribution in [3.63, 3.8) is 0 Å². The Labute approximate surface area is 185 Å². The maximum absolute atomic E-state index is 10.3. The average Bonchev–Trinajstić information content (AvgIpc) is 3.15. The third-order valence-electron chi connectivity index (χ3n) is 5.24. The molecule has 2 fully saturated rings. The Morgan fingerprint density at radius 2 is 2.11 bits per heavy atom. The van der Waals surface area contributed by atoms with Gasteiger partial charge in [-0.2, -0.15) is 0 Å². The second-order valence-corrected chi connectivity index (χ2v) is 7.15. The number of guanidine groups is 1. The van der Waals surface area contributed by atoms with Crippen molar-refractivity contribution in [3.8, 4) is 11.5 Å². The first-order chi connectivity index (χ1) is 13.2. The fourth-order valence-corrected chi connectivity index (χ4v) is 3.77. The molecular weight excluding hydrogens is 471 g/mol. The first-order valence-electron chi connectivity index (χ1n) is 9.89. The highest BCUT2D eigenvalue weighted by molar-refractivity contribution is 14.0. The minimum Gasteiger partial charge on any atom is -0.504 e. The van der Waals surface area contributed by atoms with Crippen LogP contribution in [-0.2, 0) is 11.3 Å². The summed E-state index contributed by atoms with van der Waals surface area (Å²) in [6.07, 6.45) is 1.19. The fraction of sp³-hybridized carbons (Fsp3) is 0.650. The van der Waals surface area contributed by atoms with E-state index in [0.717, 1.165) is 64.0 Å². The molecule has 1 atom stereocenters. The van der Waals surface area contributed by atoms with Crippen LogP contribution in [0.2, 0.25) is 0 Å². The number of aliphatic imine (C=N–C) groups is 1. The van der Waals surface area contributed by atoms with Crippen LogP contribution in [0, 0.1) is 5.92 Å². The van der Waals surface area contributed by atoms with Crippen LogP contribution in [-0.4, -0.2) is 80.5 Å². The number of phenolic OH excluding ortho intramolecular Hbond substituents is 1. The summed E-state index contributed by atoms with van der Waals surface area (Å²) in [5.41, 5.74) is 0.772. The summed E-state index contributed by atoms with van der Waals surface area (Å²) in [4.78, 5) is 9.61. The summed E-state index contributed by atoms with van der Waals surface area (Å²) in [5, 5.41) is 13.7. The highest BCUT2D eigenvalue weighted by Gasteiger charge is 2.27. The predicted molar refractivity (Wildman–Crippen MR) is 122 cm³/mol. The van der Waals surface area contributed by atoms with E-state index in [2.05, 4.69) is 22.0 Å². The molecule has 2 heterocycles. The number of para-hydroxylation sites is 1. The zero-order chi connectivity index (χ0) is 19.1. The Morgan fingerprint density at radius 1 is 1.32 bits per heavy atom. The van der Waals surface area contributed by atoms with Crippen LogP contribution in [0.15, 0.2) is 23.2 Å². The van der Waals surface area contributed by atoms with Crippen LogP contribution in [0.5, 0.6) is 11.5 Å². The first kappa shape index (κ1) is 23.0. The zero-order valence-electron chi connectivity index (χ0n) is 16.9. The lowest BCUT2D eigenvalue weighted by Gasteiger charge is -2.29. The van der Waals surface area contributed by atoms with Crippen molar-refractivity contribution in [1.82, 2.24) is 15.1 Å². The van der Waals surface area contributed by atoms with Gasteiger partial charge in [0, 0.05) is 44.8 Å². The van der Waals surface area contributed by atoms with Crippen molar-refractivity contribution in [2.75, 3.05) is 59.6 Å². The van der Waals surface area contributed by atoms with E-state index in [1.54, 1.807) is 13.2 Å². The zero-order valence-corrected chi connectivity index (χ0v) is 19.2. The third-order valence-corrected chi connectivity index (χ3v) is 5.24. The number of hydrogen-bond donors (Lipinski definition) is 2. The Morgan fingerprint density at radius 3 is 2.82 bits per heavy atom. The number of likely N-dealkylation sites (tertiary alicyclic amines) is 1. The predicted octanol–water partition coefficient (Wildman–Crippen LogP) is 2.14. The van der Waals surface area contributed by atoms with Crippen molar-refractivity contribution < 1.29 is 14.6 Å². The molecule has 158 valence electrons. The Kier molecular flexibility index (Phi) is 9.60. The Hall–Kier alpha value is -1.26. The fourth-order valence-electron chi connectivity index (χ4n) is 3.77. The molecule has 2 N–H and O–H groups in total. The summed E-state index contributed by atoms with van der Waals surface area (Å²) < 4.78 is 10.6. The number of benzene rings is 1. The highest BCUT2D eigenvalue weighted by Crippen LogP contribution is 2.30. The molecule has 0 amide bonds. The summed E-state index contributed by atoms with van der Waals surface area (Å²) >= 11 is 0. The molecule has 0 radical (unpaired) electrons. The van der Waals surface area contributed by atoms with Crippen molar-refractivity contribution in [2.24, 2.45) is 10.9 Å². The average molecular weight is 504 g/mol. The SMILES string of the molecule is CCNC(=NCc1cccc(OC)c1O)N1CCC(CN2CCOCC2)C1.I. The number of aromatic hydroxyl groups is 1. The molecule has 7 nitrogen and oxygen atoms in total. The number of morpholine rings is 1. The molecule has 2 aliphatic rings. The van der Waals surface area contributed by atoms with Crippen molar-refractivity contribution >= 4 is 29.9 Å². The number of ether oxygens (including phenoxy) is 2. The molecule has 0 spiro atoms. The van der Waals surface area contributed by atoms with Crippen LogP contribution >= 0.6 is 24.0 Å². The van der Waals surface area contributed by atoms with Crippen LogP contribution in [0.25, 0.3) is 0 Å². The minimum atomic E-state index is 0. The van der Waals surface area contributed by atoms with Crippen molar-refractivity contribution in [1.29, 1.82) is 0 Å². The van der Waals surface area contributed by atoms with E-state index in [1.807, 2.05) is 12.1 Å². The van der Waals surface area contributed by atoms with Gasteiger partial charge in [-0.15, -0.1) is 24.0 Å². The van der Waals surface area contributed by atoms with Crippen LogP contribution in [0.4, 0.5) is 0 Å². The van der Waals surface area contributed by atoms with Gasteiger partial charge in [0.25, 0.3) is 0 Å². The van der Waals surface area contributed by atoms with E-state index in [-0.39, 0.29) is 29.7 Å². The molecule has 0 aromatic heterocycles. The lowest BCUT2D eigenvalue weighted by Crippen LogP contribution is -2.42. The molecule has 1 aromatic rings. The number of nitrogens with one attached hydrogen (secondary N) is 1. The van der Waals surface area contributed by atoms with Crippen LogP contribution < -0.4 is 10.1 Å². The number of phenols is 1. The van der Waals surface area contributed by atoms with Crippen molar-refractivity contribution in [2.45, 2.75) is 19.9 Å². The molecule has 0 saturated carbocycles. The lowest BCUT2D eigenvalue weighted by atomic mass is 10.1. The molecule has 2 saturated heterocycles. The summed E-state index contributed by atoms with van der Waals surface area (Å²) in [7, 11) is 1.56. The molecular formula is C20H33IN4O3. The molecule has 8 heteroatoms. The molecule has 2 aliphatic heterocycles. The molecule has 0 bridgehead atoms. The van der Waals surface area contributed by atoms with Gasteiger partial charge in [-0.1, -0.05) is 12.1 Å². The monoisotopic (exact) mass is 504 g/mol. The lowest BCUT2D eigenvalue weighted by molar-refractivity contribution is 0.0315. The Balaban J connectivity index is 0.00000280. The molecule has 1 aromatic carbocycles. The van der Waals surface area contributed by atoms with Gasteiger partial charge < -0.3 is 24.8 Å². The number of nitrogens with zero attached hydrogens (tertiary/aromatic N) is 3. The largest absolute Gasteiger partial charge is 0.504 e. The number of halogens is 1. The van der Waals surface area contributed by atoms with Gasteiger partial charge in [0.2, 0.25) is 0 Å². The van der Waals surface area contributed by atoms with Gasteiger partial charge >= 0.3 is 0 Å². The van der Waals surface area contributed by atoms with Gasteiger partial charge in [-0.05, 0) is 25.3 Å². The normalized spacial score (nSPS) is 20.7. The Bertz CT molecular complexity index is 638. The number of methoxy groups -OCH3 is 1. The van der Waals surface area contributed by atoms with Gasteiger partial charge in [-0.3, -0.25) is 4.90 Å². The standard InChI is InChI=1S/C20H32N4O3.HI/c1-3-21-20(22-13-17-5-4-6-18(26-2)19(17)25)24-8-7-16(15-24)14-23-9-11-27-12-10-23;/h4-6,16,25H,3,7-15H2,1-2H3,(H,21,22);1H. The van der Waals surface area contributed by atoms with E-state index in [4.69, 9.17) is 14.5 Å². The van der Waals surface area contributed by atoms with Gasteiger partial charge in [-0.25, -0.2) is 4.99 Å². The van der Waals surface area contributed by atoms with E-state index in [0.29, 0.717) is 18.2 Å².